The number of halogens is 5. The molecule has 0 bridgehead atoms. The molecule has 2 fully saturated rings. The van der Waals surface area contributed by atoms with Crippen molar-refractivity contribution in [3.63, 3.8) is 0 Å². The van der Waals surface area contributed by atoms with Crippen molar-refractivity contribution < 1.29 is 27.4 Å². The minimum Gasteiger partial charge on any atom is -0.470 e. The molecule has 0 unspecified atom stereocenters. The highest BCUT2D eigenvalue weighted by molar-refractivity contribution is 9.10. The van der Waals surface area contributed by atoms with Gasteiger partial charge in [0.15, 0.2) is 6.61 Å². The van der Waals surface area contributed by atoms with Gasteiger partial charge in [0.05, 0.1) is 32.1 Å². The zero-order valence-electron chi connectivity index (χ0n) is 17.2. The number of morpholine rings is 2. The van der Waals surface area contributed by atoms with E-state index in [2.05, 4.69) is 41.8 Å². The molecule has 32 heavy (non-hydrogen) atoms. The van der Waals surface area contributed by atoms with E-state index >= 15 is 0 Å². The fraction of sp³-hybridized carbons (Fsp3) is 0.500. The van der Waals surface area contributed by atoms with Crippen LogP contribution < -0.4 is 14.5 Å². The number of pyridine rings is 2. The summed E-state index contributed by atoms with van der Waals surface area (Å²) in [5, 5.41) is 0. The molecule has 0 aromatic carbocycles. The van der Waals surface area contributed by atoms with E-state index in [-0.39, 0.29) is 5.88 Å². The summed E-state index contributed by atoms with van der Waals surface area (Å²) in [6, 6.07) is 3.56. The number of anilines is 2. The molecule has 4 heterocycles. The van der Waals surface area contributed by atoms with Gasteiger partial charge < -0.3 is 24.0 Å². The zero-order chi connectivity index (χ0) is 22.9. The molecule has 2 aromatic rings. The molecule has 2 aliphatic heterocycles. The van der Waals surface area contributed by atoms with Gasteiger partial charge in [-0.1, -0.05) is 0 Å². The maximum atomic E-state index is 13.3. The van der Waals surface area contributed by atoms with Gasteiger partial charge in [0, 0.05) is 47.5 Å². The minimum absolute atomic E-state index is 0.236. The number of hydrogen-bond acceptors (Lipinski definition) is 7. The zero-order valence-corrected chi connectivity index (χ0v) is 20.3. The van der Waals surface area contributed by atoms with Crippen molar-refractivity contribution in [1.82, 2.24) is 9.97 Å². The lowest BCUT2D eigenvalue weighted by atomic mass is 10.3. The molecule has 0 spiro atoms. The lowest BCUT2D eigenvalue weighted by molar-refractivity contribution is 0.0793. The van der Waals surface area contributed by atoms with E-state index < -0.39 is 19.0 Å². The normalized spacial score (nSPS) is 16.6. The van der Waals surface area contributed by atoms with Gasteiger partial charge in [0.2, 0.25) is 11.8 Å². The quantitative estimate of drug-likeness (QED) is 0.490. The van der Waals surface area contributed by atoms with Crippen molar-refractivity contribution in [2.75, 3.05) is 69.0 Å². The Morgan fingerprint density at radius 3 is 1.94 bits per heavy atom. The van der Waals surface area contributed by atoms with Gasteiger partial charge in [0.25, 0.3) is 6.43 Å². The van der Waals surface area contributed by atoms with Crippen LogP contribution in [0.1, 0.15) is 0 Å². The molecular formula is C20H23Br2F3N4O3. The van der Waals surface area contributed by atoms with Crippen molar-refractivity contribution >= 4 is 43.2 Å². The second kappa shape index (κ2) is 12.6. The Balaban J connectivity index is 0.000000186. The number of rotatable bonds is 5. The van der Waals surface area contributed by atoms with E-state index in [1.807, 2.05) is 15.9 Å². The molecular weight excluding hydrogens is 561 g/mol. The maximum absolute atomic E-state index is 13.3. The van der Waals surface area contributed by atoms with E-state index in [0.717, 1.165) is 22.0 Å². The van der Waals surface area contributed by atoms with Crippen LogP contribution in [0.5, 0.6) is 5.88 Å². The summed E-state index contributed by atoms with van der Waals surface area (Å²) < 4.78 is 54.8. The lowest BCUT2D eigenvalue weighted by Crippen LogP contribution is -2.36. The van der Waals surface area contributed by atoms with Gasteiger partial charge in [-0.2, -0.15) is 4.39 Å². The van der Waals surface area contributed by atoms with Crippen molar-refractivity contribution in [3.05, 3.63) is 39.4 Å². The summed E-state index contributed by atoms with van der Waals surface area (Å²) in [5.74, 6) is -0.185. The topological polar surface area (TPSA) is 60.0 Å². The SMILES string of the molecule is FC(F)COc1ncc(Br)cc1N1CCOCC1.Fc1ncc(Br)cc1N1CCOCC1. The number of aromatic nitrogens is 2. The first-order chi connectivity index (χ1) is 15.4. The standard InChI is InChI=1S/C11H13BrF2N2O2.C9H10BrFN2O/c12-8-5-9(16-1-3-17-4-2-16)11(15-6-8)18-7-10(13)14;10-7-5-8(9(11)12-6-7)13-1-3-14-4-2-13/h5-6,10H,1-4,7H2;5-6H,1-4H2. The smallest absolute Gasteiger partial charge is 0.272 e. The monoisotopic (exact) mass is 582 g/mol. The second-order valence-corrected chi connectivity index (χ2v) is 8.67. The Hall–Kier alpha value is -1.63. The van der Waals surface area contributed by atoms with E-state index in [4.69, 9.17) is 14.2 Å². The number of ether oxygens (including phenoxy) is 3. The Kier molecular flexibility index (Phi) is 9.82. The number of hydrogen-bond donors (Lipinski definition) is 0. The van der Waals surface area contributed by atoms with E-state index in [1.54, 1.807) is 6.07 Å². The predicted molar refractivity (Wildman–Crippen MR) is 121 cm³/mol. The third-order valence-corrected chi connectivity index (χ3v) is 5.50. The van der Waals surface area contributed by atoms with Crippen LogP contribution in [0.2, 0.25) is 0 Å². The lowest BCUT2D eigenvalue weighted by Gasteiger charge is -2.29. The fourth-order valence-electron chi connectivity index (χ4n) is 3.14. The van der Waals surface area contributed by atoms with Crippen LogP contribution in [-0.2, 0) is 9.47 Å². The third kappa shape index (κ3) is 7.46. The largest absolute Gasteiger partial charge is 0.470 e. The van der Waals surface area contributed by atoms with Gasteiger partial charge in [-0.05, 0) is 44.0 Å². The molecule has 2 saturated heterocycles. The van der Waals surface area contributed by atoms with Crippen LogP contribution in [0, 0.1) is 5.95 Å². The fourth-order valence-corrected chi connectivity index (χ4v) is 3.78. The Morgan fingerprint density at radius 1 is 0.875 bits per heavy atom. The molecule has 2 aliphatic rings. The van der Waals surface area contributed by atoms with Crippen LogP contribution in [0.15, 0.2) is 33.5 Å². The van der Waals surface area contributed by atoms with Crippen LogP contribution in [-0.4, -0.2) is 75.6 Å². The van der Waals surface area contributed by atoms with Crippen LogP contribution in [0.3, 0.4) is 0 Å². The highest BCUT2D eigenvalue weighted by Gasteiger charge is 2.18. The predicted octanol–water partition coefficient (Wildman–Crippen LogP) is 4.14. The highest BCUT2D eigenvalue weighted by atomic mass is 79.9. The van der Waals surface area contributed by atoms with E-state index in [0.29, 0.717) is 50.9 Å². The van der Waals surface area contributed by atoms with Crippen LogP contribution in [0.4, 0.5) is 24.5 Å². The van der Waals surface area contributed by atoms with Gasteiger partial charge in [-0.15, -0.1) is 0 Å². The highest BCUT2D eigenvalue weighted by Crippen LogP contribution is 2.30. The summed E-state index contributed by atoms with van der Waals surface area (Å²) in [6.07, 6.45) is 0.484. The van der Waals surface area contributed by atoms with Gasteiger partial charge in [-0.25, -0.2) is 18.7 Å². The summed E-state index contributed by atoms with van der Waals surface area (Å²) >= 11 is 6.59. The van der Waals surface area contributed by atoms with Gasteiger partial charge in [-0.3, -0.25) is 0 Å². The van der Waals surface area contributed by atoms with E-state index in [1.165, 1.54) is 12.4 Å². The van der Waals surface area contributed by atoms with Crippen LogP contribution >= 0.6 is 31.9 Å². The third-order valence-electron chi connectivity index (χ3n) is 4.64. The Bertz CT molecular complexity index is 870. The maximum Gasteiger partial charge on any atom is 0.272 e. The average Bonchev–Trinajstić information content (AvgIpc) is 2.81. The first-order valence-corrected chi connectivity index (χ1v) is 11.6. The number of alkyl halides is 2. The Labute approximate surface area is 201 Å². The molecule has 4 rings (SSSR count). The molecule has 0 amide bonds. The molecule has 0 aliphatic carbocycles. The summed E-state index contributed by atoms with van der Waals surface area (Å²) in [6.45, 7) is 4.70. The van der Waals surface area contributed by atoms with Gasteiger partial charge in [0.1, 0.15) is 5.69 Å². The minimum atomic E-state index is -2.51. The Morgan fingerprint density at radius 2 is 1.38 bits per heavy atom. The van der Waals surface area contributed by atoms with Crippen LogP contribution in [0.25, 0.3) is 0 Å². The summed E-state index contributed by atoms with van der Waals surface area (Å²) in [4.78, 5) is 11.7. The molecule has 0 N–H and O–H groups in total. The molecule has 176 valence electrons. The molecule has 0 saturated carbocycles. The van der Waals surface area contributed by atoms with Crippen molar-refractivity contribution in [2.45, 2.75) is 6.43 Å². The number of nitrogens with zero attached hydrogens (tertiary/aromatic N) is 4. The molecule has 0 atom stereocenters. The van der Waals surface area contributed by atoms with Crippen molar-refractivity contribution in [3.8, 4) is 5.88 Å². The van der Waals surface area contributed by atoms with Gasteiger partial charge >= 0.3 is 0 Å². The average molecular weight is 584 g/mol. The van der Waals surface area contributed by atoms with E-state index in [9.17, 15) is 13.2 Å². The first-order valence-electron chi connectivity index (χ1n) is 9.97. The van der Waals surface area contributed by atoms with Crippen molar-refractivity contribution in [2.24, 2.45) is 0 Å². The molecule has 0 radical (unpaired) electrons. The van der Waals surface area contributed by atoms with Crippen molar-refractivity contribution in [1.29, 1.82) is 0 Å². The molecule has 7 nitrogen and oxygen atoms in total. The first kappa shape index (κ1) is 25.0. The molecule has 12 heteroatoms. The summed E-state index contributed by atoms with van der Waals surface area (Å²) in [7, 11) is 0. The summed E-state index contributed by atoms with van der Waals surface area (Å²) in [5.41, 5.74) is 1.26. The molecule has 2 aromatic heterocycles. The second-order valence-electron chi connectivity index (χ2n) is 6.84.